The number of carbonyl (C=O) groups excluding carboxylic acids is 1. The van der Waals surface area contributed by atoms with E-state index in [2.05, 4.69) is 9.97 Å². The van der Waals surface area contributed by atoms with Crippen LogP contribution in [0.15, 0.2) is 65.5 Å². The molecule has 0 atom stereocenters. The minimum Gasteiger partial charge on any atom is -0.366 e. The summed E-state index contributed by atoms with van der Waals surface area (Å²) in [4.78, 5) is 30.4. The molecule has 3 N–H and O–H groups in total. The molecule has 1 aromatic heterocycles. The van der Waals surface area contributed by atoms with Crippen molar-refractivity contribution in [1.29, 1.82) is 0 Å². The fourth-order valence-electron chi connectivity index (χ4n) is 2.49. The number of amides is 1. The van der Waals surface area contributed by atoms with E-state index < -0.39 is 5.91 Å². The lowest BCUT2D eigenvalue weighted by atomic mass is 10.0. The maximum absolute atomic E-state index is 11.8. The van der Waals surface area contributed by atoms with Crippen LogP contribution in [0, 0.1) is 6.42 Å². The molecule has 0 aliphatic carbocycles. The van der Waals surface area contributed by atoms with Gasteiger partial charge in [-0.25, -0.2) is 0 Å². The lowest BCUT2D eigenvalue weighted by molar-refractivity contribution is 0.0999. The minimum atomic E-state index is -0.474. The average Bonchev–Trinajstić information content (AvgIpc) is 2.60. The maximum atomic E-state index is 11.8. The van der Waals surface area contributed by atoms with E-state index >= 15 is 0 Å². The molecule has 24 heavy (non-hydrogen) atoms. The van der Waals surface area contributed by atoms with Crippen LogP contribution >= 0.6 is 0 Å². The summed E-state index contributed by atoms with van der Waals surface area (Å²) in [6.07, 6.45) is 2.22. The molecule has 0 aliphatic heterocycles. The van der Waals surface area contributed by atoms with Crippen LogP contribution in [-0.2, 0) is 6.42 Å². The quantitative estimate of drug-likeness (QED) is 0.756. The summed E-state index contributed by atoms with van der Waals surface area (Å²) in [6, 6.07) is 18.1. The molecule has 0 unspecified atom stereocenters. The molecule has 5 nitrogen and oxygen atoms in total. The zero-order valence-corrected chi connectivity index (χ0v) is 12.9. The second-order valence-electron chi connectivity index (χ2n) is 5.31. The SMILES string of the molecule is NC(=O)c1ccccc1C[CH]c1nc(=O)cc(-c2ccccc2)[nH]1. The Hall–Kier alpha value is -3.21. The number of nitrogens with two attached hydrogens (primary N) is 1. The van der Waals surface area contributed by atoms with Crippen LogP contribution < -0.4 is 11.3 Å². The predicted octanol–water partition coefficient (Wildman–Crippen LogP) is 2.33. The van der Waals surface area contributed by atoms with Crippen molar-refractivity contribution in [3.05, 3.63) is 94.4 Å². The Morgan fingerprint density at radius 2 is 1.79 bits per heavy atom. The second-order valence-corrected chi connectivity index (χ2v) is 5.31. The van der Waals surface area contributed by atoms with E-state index in [4.69, 9.17) is 5.73 Å². The van der Waals surface area contributed by atoms with Crippen LogP contribution in [0.4, 0.5) is 0 Å². The topological polar surface area (TPSA) is 88.8 Å². The number of carbonyl (C=O) groups is 1. The van der Waals surface area contributed by atoms with Gasteiger partial charge in [-0.2, -0.15) is 4.98 Å². The van der Waals surface area contributed by atoms with Crippen LogP contribution in [0.1, 0.15) is 21.7 Å². The van der Waals surface area contributed by atoms with Gasteiger partial charge in [0.15, 0.2) is 0 Å². The Morgan fingerprint density at radius 3 is 2.54 bits per heavy atom. The van der Waals surface area contributed by atoms with Gasteiger partial charge in [-0.15, -0.1) is 0 Å². The Kier molecular flexibility index (Phi) is 4.52. The van der Waals surface area contributed by atoms with Crippen molar-refractivity contribution in [1.82, 2.24) is 9.97 Å². The molecule has 1 radical (unpaired) electrons. The van der Waals surface area contributed by atoms with Crippen LogP contribution in [0.5, 0.6) is 0 Å². The highest BCUT2D eigenvalue weighted by molar-refractivity contribution is 5.94. The first-order valence-corrected chi connectivity index (χ1v) is 7.51. The molecule has 3 aromatic rings. The molecule has 1 heterocycles. The number of hydrogen-bond acceptors (Lipinski definition) is 3. The Labute approximate surface area is 139 Å². The van der Waals surface area contributed by atoms with Crippen molar-refractivity contribution in [2.75, 3.05) is 0 Å². The van der Waals surface area contributed by atoms with Crippen molar-refractivity contribution in [2.45, 2.75) is 6.42 Å². The summed E-state index contributed by atoms with van der Waals surface area (Å²) in [5, 5.41) is 0. The van der Waals surface area contributed by atoms with Crippen LogP contribution in [0.25, 0.3) is 11.3 Å². The Balaban J connectivity index is 1.85. The third kappa shape index (κ3) is 3.57. The molecular formula is C19H16N3O2. The van der Waals surface area contributed by atoms with Gasteiger partial charge in [0.2, 0.25) is 5.91 Å². The number of nitrogens with zero attached hydrogens (tertiary/aromatic N) is 1. The number of aromatic amines is 1. The van der Waals surface area contributed by atoms with Gasteiger partial charge < -0.3 is 10.7 Å². The number of aromatic nitrogens is 2. The number of H-pyrrole nitrogens is 1. The molecule has 0 saturated heterocycles. The molecule has 2 aromatic carbocycles. The fourth-order valence-corrected chi connectivity index (χ4v) is 2.49. The molecule has 0 fully saturated rings. The van der Waals surface area contributed by atoms with Crippen LogP contribution in [0.2, 0.25) is 0 Å². The van der Waals surface area contributed by atoms with Gasteiger partial charge in [0, 0.05) is 18.1 Å². The summed E-state index contributed by atoms with van der Waals surface area (Å²) < 4.78 is 0. The summed E-state index contributed by atoms with van der Waals surface area (Å²) in [5.74, 6) is -0.0147. The molecule has 1 amide bonds. The third-order valence-electron chi connectivity index (χ3n) is 3.64. The summed E-state index contributed by atoms with van der Waals surface area (Å²) in [5.41, 5.74) is 7.93. The fraction of sp³-hybridized carbons (Fsp3) is 0.0526. The molecule has 3 rings (SSSR count). The normalized spacial score (nSPS) is 10.5. The van der Waals surface area contributed by atoms with E-state index in [1.165, 1.54) is 6.07 Å². The van der Waals surface area contributed by atoms with E-state index in [1.54, 1.807) is 18.6 Å². The molecule has 0 saturated carbocycles. The summed E-state index contributed by atoms with van der Waals surface area (Å²) in [6.45, 7) is 0. The predicted molar refractivity (Wildman–Crippen MR) is 92.4 cm³/mol. The molecule has 119 valence electrons. The number of nitrogens with one attached hydrogen (secondary N) is 1. The van der Waals surface area contributed by atoms with Crippen molar-refractivity contribution in [3.63, 3.8) is 0 Å². The van der Waals surface area contributed by atoms with Gasteiger partial charge in [-0.05, 0) is 23.6 Å². The standard InChI is InChI=1S/C19H16N3O2/c20-19(24)15-9-5-4-6-13(15)10-11-17-21-16(12-18(23)22-17)14-7-2-1-3-8-14/h1-9,11-12H,10H2,(H2,20,24)(H,21,22,23). The van der Waals surface area contributed by atoms with Crippen molar-refractivity contribution < 1.29 is 4.79 Å². The van der Waals surface area contributed by atoms with Crippen LogP contribution in [0.3, 0.4) is 0 Å². The van der Waals surface area contributed by atoms with E-state index in [-0.39, 0.29) is 5.56 Å². The number of primary amides is 1. The monoisotopic (exact) mass is 318 g/mol. The van der Waals surface area contributed by atoms with E-state index in [0.29, 0.717) is 23.5 Å². The highest BCUT2D eigenvalue weighted by Crippen LogP contribution is 2.16. The number of hydrogen-bond donors (Lipinski definition) is 2. The number of rotatable bonds is 5. The van der Waals surface area contributed by atoms with Crippen LogP contribution in [-0.4, -0.2) is 15.9 Å². The smallest absolute Gasteiger partial charge is 0.273 e. The van der Waals surface area contributed by atoms with Gasteiger partial charge in [0.25, 0.3) is 5.56 Å². The molecule has 0 bridgehead atoms. The van der Waals surface area contributed by atoms with Gasteiger partial charge in [-0.3, -0.25) is 9.59 Å². The highest BCUT2D eigenvalue weighted by atomic mass is 16.1. The molecule has 0 aliphatic rings. The Bertz CT molecular complexity index is 917. The molecular weight excluding hydrogens is 302 g/mol. The largest absolute Gasteiger partial charge is 0.366 e. The maximum Gasteiger partial charge on any atom is 0.273 e. The van der Waals surface area contributed by atoms with Gasteiger partial charge in [0.1, 0.15) is 5.82 Å². The summed E-state index contributed by atoms with van der Waals surface area (Å²) >= 11 is 0. The van der Waals surface area contributed by atoms with E-state index in [1.807, 2.05) is 42.5 Å². The minimum absolute atomic E-state index is 0.318. The first-order valence-electron chi connectivity index (χ1n) is 7.51. The zero-order valence-electron chi connectivity index (χ0n) is 12.9. The number of benzene rings is 2. The first kappa shape index (κ1) is 15.7. The lowest BCUT2D eigenvalue weighted by Crippen LogP contribution is -2.15. The summed E-state index contributed by atoms with van der Waals surface area (Å²) in [7, 11) is 0. The van der Waals surface area contributed by atoms with Crippen molar-refractivity contribution >= 4 is 5.91 Å². The van der Waals surface area contributed by atoms with Gasteiger partial charge in [-0.1, -0.05) is 48.5 Å². The third-order valence-corrected chi connectivity index (χ3v) is 3.64. The molecule has 0 spiro atoms. The van der Waals surface area contributed by atoms with Crippen molar-refractivity contribution in [3.8, 4) is 11.3 Å². The van der Waals surface area contributed by atoms with Gasteiger partial charge >= 0.3 is 0 Å². The lowest BCUT2D eigenvalue weighted by Gasteiger charge is -2.07. The van der Waals surface area contributed by atoms with E-state index in [0.717, 1.165) is 11.1 Å². The second kappa shape index (κ2) is 6.91. The van der Waals surface area contributed by atoms with E-state index in [9.17, 15) is 9.59 Å². The highest BCUT2D eigenvalue weighted by Gasteiger charge is 2.09. The molecule has 5 heteroatoms. The average molecular weight is 318 g/mol. The Morgan fingerprint density at radius 1 is 1.08 bits per heavy atom. The van der Waals surface area contributed by atoms with Gasteiger partial charge in [0.05, 0.1) is 5.69 Å². The van der Waals surface area contributed by atoms with Crippen molar-refractivity contribution in [2.24, 2.45) is 5.73 Å². The first-order chi connectivity index (χ1) is 11.6. The zero-order chi connectivity index (χ0) is 16.9.